The van der Waals surface area contributed by atoms with Gasteiger partial charge in [-0.2, -0.15) is 0 Å². The Morgan fingerprint density at radius 3 is 2.55 bits per heavy atom. The highest BCUT2D eigenvalue weighted by atomic mass is 35.5. The van der Waals surface area contributed by atoms with Crippen molar-refractivity contribution in [1.29, 1.82) is 0 Å². The second-order valence-electron chi connectivity index (χ2n) is 15.5. The number of pyridine rings is 1. The molecule has 1 saturated carbocycles. The normalized spacial score (nSPS) is 34.9. The summed E-state index contributed by atoms with van der Waals surface area (Å²) in [5, 5.41) is -0.00953. The highest BCUT2D eigenvalue weighted by Gasteiger charge is 2.47. The fourth-order valence-electron chi connectivity index (χ4n) is 8.87. The predicted octanol–water partition coefficient (Wildman–Crippen LogP) is 5.42. The average molecular weight is 715 g/mol. The Kier molecular flexibility index (Phi) is 9.95. The number of likely N-dealkylation sites (N-methyl/N-ethyl adjacent to an activating group) is 1. The van der Waals surface area contributed by atoms with Crippen LogP contribution in [0.1, 0.15) is 80.4 Å². The van der Waals surface area contributed by atoms with Gasteiger partial charge in [-0.25, -0.2) is 18.1 Å². The molecule has 2 aromatic rings. The van der Waals surface area contributed by atoms with E-state index in [1.54, 1.807) is 19.1 Å². The van der Waals surface area contributed by atoms with Crippen LogP contribution in [-0.2, 0) is 31.3 Å². The van der Waals surface area contributed by atoms with Gasteiger partial charge in [0.1, 0.15) is 5.69 Å². The van der Waals surface area contributed by atoms with Crippen molar-refractivity contribution in [2.75, 3.05) is 51.9 Å². The number of nitrogens with one attached hydrogen (secondary N) is 1. The van der Waals surface area contributed by atoms with Crippen LogP contribution in [0.15, 0.2) is 30.3 Å². The summed E-state index contributed by atoms with van der Waals surface area (Å²) < 4.78 is 48.8. The lowest BCUT2D eigenvalue weighted by atomic mass is 9.64. The van der Waals surface area contributed by atoms with Gasteiger partial charge in [0.15, 0.2) is 17.9 Å². The SMILES string of the molecule is C[C@@H]1[C@@H](C)CCC[C@@H]([C@H]2OC[C@H](N(C)C)CO2)[C@@H]2CC[C@H]2CN2C[C@@]3(CCCc4cc(Cl)ccc43)COc3ccc(nc32)C(=O)NS1(=O)=O. The Labute approximate surface area is 296 Å². The van der Waals surface area contributed by atoms with Crippen LogP contribution >= 0.6 is 11.6 Å². The van der Waals surface area contributed by atoms with Crippen molar-refractivity contribution in [3.8, 4) is 5.75 Å². The van der Waals surface area contributed by atoms with E-state index in [-0.39, 0.29) is 35.3 Å². The number of amides is 1. The third-order valence-corrected chi connectivity index (χ3v) is 14.4. The molecule has 10 nitrogen and oxygen atoms in total. The van der Waals surface area contributed by atoms with Crippen LogP contribution in [0.25, 0.3) is 0 Å². The summed E-state index contributed by atoms with van der Waals surface area (Å²) in [5.41, 5.74) is 2.30. The van der Waals surface area contributed by atoms with E-state index in [0.717, 1.165) is 62.9 Å². The summed E-state index contributed by atoms with van der Waals surface area (Å²) in [6.45, 7) is 6.81. The van der Waals surface area contributed by atoms with Gasteiger partial charge in [-0.15, -0.1) is 0 Å². The minimum absolute atomic E-state index is 0.0668. The first kappa shape index (κ1) is 35.0. The Hall–Kier alpha value is -2.44. The molecule has 1 aromatic carbocycles. The molecule has 0 unspecified atom stereocenters. The van der Waals surface area contributed by atoms with E-state index in [4.69, 9.17) is 30.8 Å². The zero-order valence-electron chi connectivity index (χ0n) is 29.2. The van der Waals surface area contributed by atoms with E-state index in [0.29, 0.717) is 49.8 Å². The number of carbonyl (C=O) groups excluding carboxylic acids is 1. The molecular formula is C37H51ClN4O6S. The maximum Gasteiger partial charge on any atom is 0.283 e. The number of sulfonamides is 1. The van der Waals surface area contributed by atoms with E-state index in [2.05, 4.69) is 40.7 Å². The average Bonchev–Trinajstić information content (AvgIpc) is 3.21. The van der Waals surface area contributed by atoms with Gasteiger partial charge < -0.3 is 24.0 Å². The molecule has 0 radical (unpaired) electrons. The monoisotopic (exact) mass is 714 g/mol. The summed E-state index contributed by atoms with van der Waals surface area (Å²) in [7, 11) is 0.167. The van der Waals surface area contributed by atoms with Crippen molar-refractivity contribution in [2.24, 2.45) is 23.7 Å². The molecular weight excluding hydrogens is 664 g/mol. The van der Waals surface area contributed by atoms with Crippen LogP contribution in [0.4, 0.5) is 5.82 Å². The number of hydrogen-bond acceptors (Lipinski definition) is 9. The maximum absolute atomic E-state index is 13.5. The Bertz CT molecular complexity index is 1650. The molecule has 2 fully saturated rings. The van der Waals surface area contributed by atoms with E-state index in [1.165, 1.54) is 11.1 Å². The standard InChI is InChI=1S/C37H51ClN4O6S/c1-23-7-5-9-30(36-46-19-28(20-47-36)41(3)4)29-12-10-26(29)18-42-21-37(16-6-8-25-17-27(38)11-13-31(25)37)22-48-33-15-14-32(39-34(33)42)35(43)40-49(44,45)24(23)2/h11,13-15,17,23-24,26,28-30,36H,5-10,12,16,18-22H2,1-4H3,(H,40,43)/t23-,24+,26-,28-,29+,30+,36-,37-/m0/s1. The first-order chi connectivity index (χ1) is 23.4. The summed E-state index contributed by atoms with van der Waals surface area (Å²) in [5.74, 6) is 1.31. The minimum Gasteiger partial charge on any atom is -0.489 e. The van der Waals surface area contributed by atoms with Gasteiger partial charge in [0.05, 0.1) is 31.1 Å². The van der Waals surface area contributed by atoms with Crippen molar-refractivity contribution in [3.63, 3.8) is 0 Å². The third-order valence-electron chi connectivity index (χ3n) is 12.3. The molecule has 268 valence electrons. The fourth-order valence-corrected chi connectivity index (χ4v) is 10.4. The Balaban J connectivity index is 1.26. The first-order valence-corrected chi connectivity index (χ1v) is 20.0. The van der Waals surface area contributed by atoms with Crippen molar-refractivity contribution < 1.29 is 27.4 Å². The number of carbonyl (C=O) groups is 1. The first-order valence-electron chi connectivity index (χ1n) is 18.1. The fraction of sp³-hybridized carbons (Fsp3) is 0.676. The number of anilines is 1. The smallest absolute Gasteiger partial charge is 0.283 e. The number of aromatic nitrogens is 1. The Morgan fingerprint density at radius 2 is 1.82 bits per heavy atom. The molecule has 3 aliphatic heterocycles. The molecule has 6 atom stereocenters. The zero-order valence-corrected chi connectivity index (χ0v) is 30.8. The Morgan fingerprint density at radius 1 is 1.02 bits per heavy atom. The number of halogens is 1. The summed E-state index contributed by atoms with van der Waals surface area (Å²) in [6.07, 6.45) is 7.32. The molecule has 1 saturated heterocycles. The predicted molar refractivity (Wildman–Crippen MR) is 190 cm³/mol. The number of rotatable bonds is 2. The number of aryl methyl sites for hydroxylation is 1. The largest absolute Gasteiger partial charge is 0.489 e. The highest BCUT2D eigenvalue weighted by Crippen LogP contribution is 2.48. The molecule has 12 heteroatoms. The second kappa shape index (κ2) is 13.9. The summed E-state index contributed by atoms with van der Waals surface area (Å²) in [6, 6.07) is 9.80. The summed E-state index contributed by atoms with van der Waals surface area (Å²) in [4.78, 5) is 22.8. The lowest BCUT2D eigenvalue weighted by Gasteiger charge is -2.49. The van der Waals surface area contributed by atoms with E-state index < -0.39 is 21.2 Å². The molecule has 2 bridgehead atoms. The van der Waals surface area contributed by atoms with Gasteiger partial charge in [0.25, 0.3) is 5.91 Å². The molecule has 7 rings (SSSR count). The van der Waals surface area contributed by atoms with E-state index in [9.17, 15) is 13.2 Å². The lowest BCUT2D eigenvalue weighted by molar-refractivity contribution is -0.240. The quantitative estimate of drug-likeness (QED) is 0.436. The van der Waals surface area contributed by atoms with Crippen molar-refractivity contribution in [1.82, 2.24) is 14.6 Å². The zero-order chi connectivity index (χ0) is 34.5. The molecule has 49 heavy (non-hydrogen) atoms. The molecule has 2 aliphatic carbocycles. The number of nitrogens with zero attached hydrogens (tertiary/aromatic N) is 3. The maximum atomic E-state index is 13.5. The van der Waals surface area contributed by atoms with Crippen LogP contribution in [0, 0.1) is 23.7 Å². The number of fused-ring (bicyclic) bond motifs is 4. The van der Waals surface area contributed by atoms with Crippen LogP contribution in [-0.4, -0.2) is 88.8 Å². The lowest BCUT2D eigenvalue weighted by Crippen LogP contribution is -2.52. The highest BCUT2D eigenvalue weighted by molar-refractivity contribution is 7.90. The van der Waals surface area contributed by atoms with Crippen LogP contribution in [0.5, 0.6) is 5.75 Å². The van der Waals surface area contributed by atoms with Crippen molar-refractivity contribution >= 4 is 33.3 Å². The van der Waals surface area contributed by atoms with Gasteiger partial charge in [0, 0.05) is 29.4 Å². The molecule has 1 N–H and O–H groups in total. The minimum atomic E-state index is -3.94. The number of benzene rings is 1. The van der Waals surface area contributed by atoms with Crippen LogP contribution in [0.3, 0.4) is 0 Å². The van der Waals surface area contributed by atoms with E-state index >= 15 is 0 Å². The molecule has 1 aromatic heterocycles. The number of hydrogen-bond donors (Lipinski definition) is 1. The summed E-state index contributed by atoms with van der Waals surface area (Å²) >= 11 is 6.46. The molecule has 1 amide bonds. The molecule has 5 aliphatic rings. The van der Waals surface area contributed by atoms with Crippen molar-refractivity contribution in [3.05, 3.63) is 52.2 Å². The number of ether oxygens (including phenoxy) is 3. The van der Waals surface area contributed by atoms with Crippen molar-refractivity contribution in [2.45, 2.75) is 88.2 Å². The van der Waals surface area contributed by atoms with Gasteiger partial charge in [0.2, 0.25) is 10.0 Å². The van der Waals surface area contributed by atoms with Gasteiger partial charge in [-0.05, 0) is 119 Å². The van der Waals surface area contributed by atoms with Crippen LogP contribution in [0.2, 0.25) is 5.02 Å². The van der Waals surface area contributed by atoms with Gasteiger partial charge >= 0.3 is 0 Å². The third kappa shape index (κ3) is 6.95. The topological polar surface area (TPSA) is 110 Å². The second-order valence-corrected chi connectivity index (χ2v) is 18.0. The van der Waals surface area contributed by atoms with Gasteiger partial charge in [-0.3, -0.25) is 4.79 Å². The molecule has 4 heterocycles. The van der Waals surface area contributed by atoms with E-state index in [1.807, 2.05) is 13.0 Å². The van der Waals surface area contributed by atoms with Gasteiger partial charge in [-0.1, -0.05) is 31.0 Å². The van der Waals surface area contributed by atoms with Crippen LogP contribution < -0.4 is 14.4 Å². The molecule has 1 spiro atoms.